The van der Waals surface area contributed by atoms with Crippen molar-refractivity contribution in [1.82, 2.24) is 0 Å². The highest BCUT2D eigenvalue weighted by molar-refractivity contribution is 5.93. The maximum atomic E-state index is 14.3. The van der Waals surface area contributed by atoms with Gasteiger partial charge in [-0.25, -0.2) is 4.39 Å². The summed E-state index contributed by atoms with van der Waals surface area (Å²) in [6.07, 6.45) is 4.87. The monoisotopic (exact) mass is 293 g/mol. The third kappa shape index (κ3) is 3.73. The Hall–Kier alpha value is -1.62. The summed E-state index contributed by atoms with van der Waals surface area (Å²) in [5.74, 6) is -0.985. The quantitative estimate of drug-likeness (QED) is 0.875. The van der Waals surface area contributed by atoms with Gasteiger partial charge in [0, 0.05) is 24.2 Å². The van der Waals surface area contributed by atoms with Crippen LogP contribution in [-0.2, 0) is 0 Å². The summed E-state index contributed by atoms with van der Waals surface area (Å²) >= 11 is 0. The highest BCUT2D eigenvalue weighted by Crippen LogP contribution is 2.29. The van der Waals surface area contributed by atoms with Gasteiger partial charge in [-0.05, 0) is 50.3 Å². The molecule has 0 saturated heterocycles. The molecular formula is C16H24FN3O. The maximum absolute atomic E-state index is 14.3. The zero-order valence-corrected chi connectivity index (χ0v) is 12.5. The molecule has 116 valence electrons. The van der Waals surface area contributed by atoms with Gasteiger partial charge in [0.2, 0.25) is 5.91 Å². The van der Waals surface area contributed by atoms with E-state index >= 15 is 0 Å². The first kappa shape index (κ1) is 15.8. The van der Waals surface area contributed by atoms with Gasteiger partial charge in [0.15, 0.2) is 0 Å². The fraction of sp³-hybridized carbons (Fsp3) is 0.562. The number of benzene rings is 1. The van der Waals surface area contributed by atoms with Crippen molar-refractivity contribution < 1.29 is 9.18 Å². The second-order valence-electron chi connectivity index (χ2n) is 5.79. The van der Waals surface area contributed by atoms with Crippen molar-refractivity contribution in [3.05, 3.63) is 29.6 Å². The van der Waals surface area contributed by atoms with Gasteiger partial charge in [-0.3, -0.25) is 4.79 Å². The standard InChI is InChI=1S/C16H24FN3O/c1-2-9-20(13-6-4-12(18)5-7-13)15-8-3-11(16(19)21)10-14(15)17/h3,8,10,12-13H,2,4-7,9,18H2,1H3,(H2,19,21). The summed E-state index contributed by atoms with van der Waals surface area (Å²) in [5.41, 5.74) is 11.9. The number of halogens is 1. The number of rotatable bonds is 5. The van der Waals surface area contributed by atoms with Crippen LogP contribution in [-0.4, -0.2) is 24.5 Å². The Bertz CT molecular complexity index is 498. The molecule has 1 fully saturated rings. The predicted molar refractivity (Wildman–Crippen MR) is 82.8 cm³/mol. The van der Waals surface area contributed by atoms with Crippen LogP contribution in [0.5, 0.6) is 0 Å². The molecule has 0 radical (unpaired) electrons. The van der Waals surface area contributed by atoms with Crippen LogP contribution in [0.1, 0.15) is 49.4 Å². The van der Waals surface area contributed by atoms with Crippen LogP contribution in [0.25, 0.3) is 0 Å². The minimum atomic E-state index is -0.605. The molecule has 4 nitrogen and oxygen atoms in total. The Kier molecular flexibility index (Phi) is 5.17. The van der Waals surface area contributed by atoms with Gasteiger partial charge < -0.3 is 16.4 Å². The lowest BCUT2D eigenvalue weighted by Gasteiger charge is -2.37. The van der Waals surface area contributed by atoms with E-state index in [1.165, 1.54) is 6.07 Å². The van der Waals surface area contributed by atoms with Gasteiger partial charge in [0.1, 0.15) is 5.82 Å². The minimum Gasteiger partial charge on any atom is -0.366 e. The summed E-state index contributed by atoms with van der Waals surface area (Å²) in [7, 11) is 0. The Morgan fingerprint density at radius 2 is 2.00 bits per heavy atom. The van der Waals surface area contributed by atoms with Crippen molar-refractivity contribution in [3.8, 4) is 0 Å². The first-order valence-electron chi connectivity index (χ1n) is 7.64. The molecule has 1 aliphatic carbocycles. The molecule has 0 spiro atoms. The van der Waals surface area contributed by atoms with Crippen molar-refractivity contribution in [2.45, 2.75) is 51.1 Å². The normalized spacial score (nSPS) is 22.0. The molecule has 1 saturated carbocycles. The van der Waals surface area contributed by atoms with Gasteiger partial charge in [-0.15, -0.1) is 0 Å². The van der Waals surface area contributed by atoms with Crippen molar-refractivity contribution >= 4 is 11.6 Å². The Balaban J connectivity index is 2.23. The largest absolute Gasteiger partial charge is 0.366 e. The van der Waals surface area contributed by atoms with E-state index in [1.54, 1.807) is 12.1 Å². The van der Waals surface area contributed by atoms with Crippen LogP contribution in [0.15, 0.2) is 18.2 Å². The molecule has 0 unspecified atom stereocenters. The van der Waals surface area contributed by atoms with Crippen molar-refractivity contribution in [1.29, 1.82) is 0 Å². The van der Waals surface area contributed by atoms with Crippen LogP contribution in [0.2, 0.25) is 0 Å². The van der Waals surface area contributed by atoms with E-state index in [9.17, 15) is 9.18 Å². The molecule has 21 heavy (non-hydrogen) atoms. The van der Waals surface area contributed by atoms with E-state index in [0.717, 1.165) is 38.6 Å². The predicted octanol–water partition coefficient (Wildman–Crippen LogP) is 2.41. The number of nitrogens with zero attached hydrogens (tertiary/aromatic N) is 1. The molecule has 0 aliphatic heterocycles. The zero-order chi connectivity index (χ0) is 15.4. The Morgan fingerprint density at radius 1 is 1.33 bits per heavy atom. The fourth-order valence-electron chi connectivity index (χ4n) is 3.05. The molecule has 5 heteroatoms. The van der Waals surface area contributed by atoms with E-state index < -0.39 is 5.91 Å². The fourth-order valence-corrected chi connectivity index (χ4v) is 3.05. The number of carbonyl (C=O) groups is 1. The third-order valence-electron chi connectivity index (χ3n) is 4.19. The third-order valence-corrected chi connectivity index (χ3v) is 4.19. The van der Waals surface area contributed by atoms with Crippen LogP contribution >= 0.6 is 0 Å². The van der Waals surface area contributed by atoms with Crippen molar-refractivity contribution in [3.63, 3.8) is 0 Å². The highest BCUT2D eigenvalue weighted by Gasteiger charge is 2.25. The minimum absolute atomic E-state index is 0.207. The maximum Gasteiger partial charge on any atom is 0.248 e. The Morgan fingerprint density at radius 3 is 2.52 bits per heavy atom. The topological polar surface area (TPSA) is 72.3 Å². The average molecular weight is 293 g/mol. The van der Waals surface area contributed by atoms with E-state index in [0.29, 0.717) is 11.7 Å². The van der Waals surface area contributed by atoms with Crippen LogP contribution in [0, 0.1) is 5.82 Å². The van der Waals surface area contributed by atoms with Crippen LogP contribution < -0.4 is 16.4 Å². The molecule has 0 aromatic heterocycles. The van der Waals surface area contributed by atoms with Gasteiger partial charge in [0.25, 0.3) is 0 Å². The summed E-state index contributed by atoms with van der Waals surface area (Å²) in [4.78, 5) is 13.2. The lowest BCUT2D eigenvalue weighted by Crippen LogP contribution is -2.41. The molecule has 1 aromatic rings. The van der Waals surface area contributed by atoms with E-state index in [-0.39, 0.29) is 17.4 Å². The number of carbonyl (C=O) groups excluding carboxylic acids is 1. The summed E-state index contributed by atoms with van der Waals surface area (Å²) < 4.78 is 14.3. The number of primary amides is 1. The molecular weight excluding hydrogens is 269 g/mol. The van der Waals surface area contributed by atoms with E-state index in [2.05, 4.69) is 11.8 Å². The van der Waals surface area contributed by atoms with Gasteiger partial charge in [0.05, 0.1) is 5.69 Å². The molecule has 1 aromatic carbocycles. The number of amides is 1. The highest BCUT2D eigenvalue weighted by atomic mass is 19.1. The van der Waals surface area contributed by atoms with Crippen molar-refractivity contribution in [2.24, 2.45) is 11.5 Å². The molecule has 0 atom stereocenters. The summed E-state index contributed by atoms with van der Waals surface area (Å²) in [6.45, 7) is 2.88. The number of hydrogen-bond acceptors (Lipinski definition) is 3. The lowest BCUT2D eigenvalue weighted by molar-refractivity contribution is 0.1000. The molecule has 1 aliphatic rings. The van der Waals surface area contributed by atoms with E-state index in [4.69, 9.17) is 11.5 Å². The second kappa shape index (κ2) is 6.89. The smallest absolute Gasteiger partial charge is 0.248 e. The average Bonchev–Trinajstić information content (AvgIpc) is 2.46. The molecule has 0 bridgehead atoms. The number of anilines is 1. The van der Waals surface area contributed by atoms with Crippen molar-refractivity contribution in [2.75, 3.05) is 11.4 Å². The molecule has 0 heterocycles. The van der Waals surface area contributed by atoms with E-state index in [1.807, 2.05) is 0 Å². The first-order valence-corrected chi connectivity index (χ1v) is 7.64. The van der Waals surface area contributed by atoms with Gasteiger partial charge in [-0.2, -0.15) is 0 Å². The Labute approximate surface area is 125 Å². The van der Waals surface area contributed by atoms with Crippen LogP contribution in [0.3, 0.4) is 0 Å². The molecule has 1 amide bonds. The number of nitrogens with two attached hydrogens (primary N) is 2. The number of hydrogen-bond donors (Lipinski definition) is 2. The molecule has 4 N–H and O–H groups in total. The van der Waals surface area contributed by atoms with Gasteiger partial charge in [-0.1, -0.05) is 6.92 Å². The summed E-state index contributed by atoms with van der Waals surface area (Å²) in [5, 5.41) is 0. The SMILES string of the molecule is CCCN(c1ccc(C(N)=O)cc1F)C1CCC(N)CC1. The lowest BCUT2D eigenvalue weighted by atomic mass is 9.90. The van der Waals surface area contributed by atoms with Gasteiger partial charge >= 0.3 is 0 Å². The first-order chi connectivity index (χ1) is 10.0. The zero-order valence-electron chi connectivity index (χ0n) is 12.5. The second-order valence-corrected chi connectivity index (χ2v) is 5.79. The molecule has 2 rings (SSSR count). The summed E-state index contributed by atoms with van der Waals surface area (Å²) in [6, 6.07) is 5.08. The van der Waals surface area contributed by atoms with Crippen LogP contribution in [0.4, 0.5) is 10.1 Å².